The number of nitrogens with zero attached hydrogens (tertiary/aromatic N) is 1. The molecule has 0 aromatic rings. The van der Waals surface area contributed by atoms with Gasteiger partial charge >= 0.3 is 6.03 Å². The smallest absolute Gasteiger partial charge is 0.315 e. The van der Waals surface area contributed by atoms with E-state index >= 15 is 0 Å². The quantitative estimate of drug-likeness (QED) is 0.837. The Morgan fingerprint density at radius 1 is 1.19 bits per heavy atom. The number of hydrogen-bond acceptors (Lipinski definition) is 2. The molecule has 0 radical (unpaired) electrons. The molecule has 2 fully saturated rings. The topological polar surface area (TPSA) is 44.4 Å². The Morgan fingerprint density at radius 3 is 2.57 bits per heavy atom. The standard InChI is InChI=1S/C17H33N3O/c1-13-7-6-10-20(11-13)17(3,4)12-18-16(21)19-15-9-5-8-14(15)2/h13-15H,5-12H2,1-4H3,(H2,18,19,21). The zero-order chi connectivity index (χ0) is 15.5. The second-order valence-electron chi connectivity index (χ2n) is 7.85. The molecular formula is C17H33N3O. The summed E-state index contributed by atoms with van der Waals surface area (Å²) in [4.78, 5) is 14.6. The largest absolute Gasteiger partial charge is 0.336 e. The predicted octanol–water partition coefficient (Wildman–Crippen LogP) is 2.98. The van der Waals surface area contributed by atoms with E-state index < -0.39 is 0 Å². The van der Waals surface area contributed by atoms with Gasteiger partial charge in [-0.1, -0.05) is 20.3 Å². The van der Waals surface area contributed by atoms with Crippen LogP contribution in [-0.4, -0.2) is 42.1 Å². The van der Waals surface area contributed by atoms with Crippen molar-refractivity contribution in [2.45, 2.75) is 71.4 Å². The molecule has 1 saturated carbocycles. The third kappa shape index (κ3) is 4.60. The van der Waals surface area contributed by atoms with Gasteiger partial charge in [-0.25, -0.2) is 4.79 Å². The number of likely N-dealkylation sites (tertiary alicyclic amines) is 1. The maximum Gasteiger partial charge on any atom is 0.315 e. The van der Waals surface area contributed by atoms with Crippen LogP contribution in [0.2, 0.25) is 0 Å². The summed E-state index contributed by atoms with van der Waals surface area (Å²) >= 11 is 0. The molecule has 0 bridgehead atoms. The van der Waals surface area contributed by atoms with Gasteiger partial charge in [-0.05, 0) is 57.9 Å². The summed E-state index contributed by atoms with van der Waals surface area (Å²) in [6.07, 6.45) is 6.21. The van der Waals surface area contributed by atoms with Crippen molar-refractivity contribution < 1.29 is 4.79 Å². The van der Waals surface area contributed by atoms with E-state index in [-0.39, 0.29) is 11.6 Å². The number of nitrogens with one attached hydrogen (secondary N) is 2. The first-order valence-corrected chi connectivity index (χ1v) is 8.68. The van der Waals surface area contributed by atoms with Crippen LogP contribution in [0.1, 0.15) is 59.8 Å². The van der Waals surface area contributed by atoms with Gasteiger partial charge in [-0.3, -0.25) is 4.90 Å². The van der Waals surface area contributed by atoms with Crippen molar-refractivity contribution in [2.24, 2.45) is 11.8 Å². The van der Waals surface area contributed by atoms with E-state index in [2.05, 4.69) is 43.2 Å². The highest BCUT2D eigenvalue weighted by molar-refractivity contribution is 5.74. The molecule has 2 amide bonds. The number of piperidine rings is 1. The fourth-order valence-electron chi connectivity index (χ4n) is 3.73. The van der Waals surface area contributed by atoms with E-state index in [1.54, 1.807) is 0 Å². The Kier molecular flexibility index (Phi) is 5.53. The summed E-state index contributed by atoms with van der Waals surface area (Å²) in [7, 11) is 0. The van der Waals surface area contributed by atoms with E-state index in [9.17, 15) is 4.79 Å². The highest BCUT2D eigenvalue weighted by Gasteiger charge is 2.31. The molecule has 2 N–H and O–H groups in total. The van der Waals surface area contributed by atoms with Crippen LogP contribution in [0.3, 0.4) is 0 Å². The summed E-state index contributed by atoms with van der Waals surface area (Å²) in [5.74, 6) is 1.39. The summed E-state index contributed by atoms with van der Waals surface area (Å²) in [6.45, 7) is 12.1. The molecule has 1 aliphatic heterocycles. The monoisotopic (exact) mass is 295 g/mol. The van der Waals surface area contributed by atoms with Crippen molar-refractivity contribution in [3.63, 3.8) is 0 Å². The third-order valence-electron chi connectivity index (χ3n) is 5.37. The Morgan fingerprint density at radius 2 is 1.95 bits per heavy atom. The third-order valence-corrected chi connectivity index (χ3v) is 5.37. The molecule has 0 spiro atoms. The first-order valence-electron chi connectivity index (χ1n) is 8.68. The second kappa shape index (κ2) is 6.99. The number of rotatable bonds is 4. The lowest BCUT2D eigenvalue weighted by molar-refractivity contribution is 0.0723. The summed E-state index contributed by atoms with van der Waals surface area (Å²) in [6, 6.07) is 0.370. The van der Waals surface area contributed by atoms with Crippen molar-refractivity contribution in [2.75, 3.05) is 19.6 Å². The predicted molar refractivity (Wildman–Crippen MR) is 87.4 cm³/mol. The molecular weight excluding hydrogens is 262 g/mol. The van der Waals surface area contributed by atoms with Gasteiger partial charge in [-0.15, -0.1) is 0 Å². The average Bonchev–Trinajstić information content (AvgIpc) is 2.82. The Bertz CT molecular complexity index is 356. The van der Waals surface area contributed by atoms with E-state index in [0.717, 1.165) is 25.4 Å². The molecule has 21 heavy (non-hydrogen) atoms. The molecule has 2 aliphatic rings. The van der Waals surface area contributed by atoms with Gasteiger partial charge in [0.05, 0.1) is 0 Å². The Balaban J connectivity index is 1.76. The highest BCUT2D eigenvalue weighted by Crippen LogP contribution is 2.25. The number of carbonyl (C=O) groups excluding carboxylic acids is 1. The van der Waals surface area contributed by atoms with Crippen LogP contribution >= 0.6 is 0 Å². The maximum atomic E-state index is 12.1. The van der Waals surface area contributed by atoms with Gasteiger partial charge in [0.15, 0.2) is 0 Å². The lowest BCUT2D eigenvalue weighted by Crippen LogP contribution is -2.56. The minimum atomic E-state index is 0.00637. The van der Waals surface area contributed by atoms with Gasteiger partial charge in [0.25, 0.3) is 0 Å². The van der Waals surface area contributed by atoms with Crippen molar-refractivity contribution in [3.05, 3.63) is 0 Å². The van der Waals surface area contributed by atoms with Gasteiger partial charge in [0.1, 0.15) is 0 Å². The zero-order valence-electron chi connectivity index (χ0n) is 14.2. The number of amides is 2. The molecule has 3 unspecified atom stereocenters. The SMILES string of the molecule is CC1CCCN(C(C)(C)CNC(=O)NC2CCCC2C)C1. The summed E-state index contributed by atoms with van der Waals surface area (Å²) in [5, 5.41) is 6.24. The van der Waals surface area contributed by atoms with Crippen molar-refractivity contribution in [1.29, 1.82) is 0 Å². The number of urea groups is 1. The Labute approximate surface area is 130 Å². The van der Waals surface area contributed by atoms with Gasteiger partial charge in [0, 0.05) is 24.7 Å². The van der Waals surface area contributed by atoms with E-state index in [4.69, 9.17) is 0 Å². The fourth-order valence-corrected chi connectivity index (χ4v) is 3.73. The molecule has 1 aliphatic carbocycles. The fraction of sp³-hybridized carbons (Fsp3) is 0.941. The molecule has 0 aromatic heterocycles. The highest BCUT2D eigenvalue weighted by atomic mass is 16.2. The van der Waals surface area contributed by atoms with Crippen LogP contribution < -0.4 is 10.6 Å². The Hall–Kier alpha value is -0.770. The molecule has 1 heterocycles. The van der Waals surface area contributed by atoms with Crippen LogP contribution in [0, 0.1) is 11.8 Å². The number of hydrogen-bond donors (Lipinski definition) is 2. The molecule has 4 nitrogen and oxygen atoms in total. The first-order chi connectivity index (χ1) is 9.88. The average molecular weight is 295 g/mol. The van der Waals surface area contributed by atoms with Crippen molar-refractivity contribution in [3.8, 4) is 0 Å². The maximum absolute atomic E-state index is 12.1. The summed E-state index contributed by atoms with van der Waals surface area (Å²) in [5.41, 5.74) is 0.0350. The van der Waals surface area contributed by atoms with Crippen LogP contribution in [0.25, 0.3) is 0 Å². The van der Waals surface area contributed by atoms with E-state index in [0.29, 0.717) is 18.5 Å². The van der Waals surface area contributed by atoms with Crippen LogP contribution in [0.4, 0.5) is 4.79 Å². The minimum absolute atomic E-state index is 0.00637. The first kappa shape index (κ1) is 16.6. The van der Waals surface area contributed by atoms with Crippen LogP contribution in [0.15, 0.2) is 0 Å². The number of carbonyl (C=O) groups is 1. The van der Waals surface area contributed by atoms with Gasteiger partial charge in [-0.2, -0.15) is 0 Å². The van der Waals surface area contributed by atoms with Crippen molar-refractivity contribution in [1.82, 2.24) is 15.5 Å². The van der Waals surface area contributed by atoms with Gasteiger partial charge in [0.2, 0.25) is 0 Å². The van der Waals surface area contributed by atoms with Crippen LogP contribution in [0.5, 0.6) is 0 Å². The van der Waals surface area contributed by atoms with E-state index in [1.165, 1.54) is 25.7 Å². The molecule has 4 heteroatoms. The lowest BCUT2D eigenvalue weighted by atomic mass is 9.93. The normalized spacial score (nSPS) is 31.1. The van der Waals surface area contributed by atoms with Gasteiger partial charge < -0.3 is 10.6 Å². The minimum Gasteiger partial charge on any atom is -0.336 e. The second-order valence-corrected chi connectivity index (χ2v) is 7.85. The molecule has 2 rings (SSSR count). The molecule has 122 valence electrons. The molecule has 0 aromatic carbocycles. The molecule has 1 saturated heterocycles. The lowest BCUT2D eigenvalue weighted by Gasteiger charge is -2.43. The van der Waals surface area contributed by atoms with Crippen LogP contribution in [-0.2, 0) is 0 Å². The summed E-state index contributed by atoms with van der Waals surface area (Å²) < 4.78 is 0. The van der Waals surface area contributed by atoms with Crippen molar-refractivity contribution >= 4 is 6.03 Å². The van der Waals surface area contributed by atoms with E-state index in [1.807, 2.05) is 0 Å². The zero-order valence-corrected chi connectivity index (χ0v) is 14.2. The molecule has 3 atom stereocenters.